The third kappa shape index (κ3) is 13.6. The van der Waals surface area contributed by atoms with Crippen LogP contribution in [0.15, 0.2) is 114 Å². The lowest BCUT2D eigenvalue weighted by molar-refractivity contribution is -0.384. The quantitative estimate of drug-likeness (QED) is 0.0335. The van der Waals surface area contributed by atoms with Crippen molar-refractivity contribution in [1.29, 1.82) is 0 Å². The first kappa shape index (κ1) is 60.4. The zero-order valence-electron chi connectivity index (χ0n) is 49.6. The van der Waals surface area contributed by atoms with E-state index in [0.29, 0.717) is 61.4 Å². The summed E-state index contributed by atoms with van der Waals surface area (Å²) in [7, 11) is -4.63. The van der Waals surface area contributed by atoms with Gasteiger partial charge in [0.05, 0.1) is 28.1 Å². The van der Waals surface area contributed by atoms with Crippen molar-refractivity contribution < 1.29 is 42.0 Å². The van der Waals surface area contributed by atoms with Crippen molar-refractivity contribution in [2.45, 2.75) is 95.2 Å². The van der Waals surface area contributed by atoms with Gasteiger partial charge in [-0.2, -0.15) is 0 Å². The van der Waals surface area contributed by atoms with Crippen LogP contribution in [-0.4, -0.2) is 157 Å². The number of allylic oxidation sites excluding steroid dienone is 1. The van der Waals surface area contributed by atoms with Gasteiger partial charge in [-0.15, -0.1) is 0 Å². The number of piperazine rings is 1. The Morgan fingerprint density at radius 1 is 0.864 bits per heavy atom. The van der Waals surface area contributed by atoms with E-state index < -0.39 is 43.4 Å². The third-order valence-electron chi connectivity index (χ3n) is 18.6. The normalized spacial score (nSPS) is 20.1. The predicted octanol–water partition coefficient (Wildman–Crippen LogP) is 9.25. The van der Waals surface area contributed by atoms with Crippen LogP contribution in [0.5, 0.6) is 17.2 Å². The number of nitro groups is 1. The second-order valence-corrected chi connectivity index (χ2v) is 27.0. The number of pyridine rings is 1. The van der Waals surface area contributed by atoms with Crippen molar-refractivity contribution in [3.05, 3.63) is 146 Å². The number of anilines is 2. The van der Waals surface area contributed by atoms with Crippen LogP contribution in [0, 0.1) is 21.4 Å². The number of benzene rings is 4. The molecule has 7 heterocycles. The predicted molar refractivity (Wildman–Crippen MR) is 335 cm³/mol. The maximum atomic E-state index is 14.2. The standard InChI is InChI=1S/C65H74ClN11O10S/c1-65(2)22-16-45(53(37-65)43-6-8-46(66)9-7-43)40-73-28-30-75(31-29-73)48-10-12-52(59(35-48)87-49-34-44-17-23-67-61(44)69-39-49)62(79)71-88(84,85)50-11-13-55(57(36-50)77(82)83)68-38-42-18-26-74(27-19-42)47-20-24-72(25-21-47)32-33-86-58-5-3-4-51-54(58)41-76(64(51)81)56-14-15-60(78)70-63(56)80/h3-13,17,23,34-36,39,42,47,56,68H,14-16,18-22,24-33,37-38,40-41H2,1-2H3,(H,67,69)(H,71,79)(H,70,78,80). The zero-order chi connectivity index (χ0) is 61.3. The summed E-state index contributed by atoms with van der Waals surface area (Å²) in [5.41, 5.74) is 6.73. The van der Waals surface area contributed by atoms with E-state index in [1.807, 2.05) is 24.3 Å². The van der Waals surface area contributed by atoms with E-state index in [4.69, 9.17) is 21.1 Å². The Morgan fingerprint density at radius 2 is 1.65 bits per heavy atom. The Bertz CT molecular complexity index is 3790. The number of nitrogens with one attached hydrogen (secondary N) is 4. The summed E-state index contributed by atoms with van der Waals surface area (Å²) >= 11 is 6.28. The number of carbonyl (C=O) groups is 4. The molecule has 4 amide bonds. The smallest absolute Gasteiger partial charge is 0.293 e. The second kappa shape index (κ2) is 25.7. The number of aromatic amines is 1. The largest absolute Gasteiger partial charge is 0.492 e. The SMILES string of the molecule is CC1(C)CCC(CN2CCN(c3ccc(C(=O)NS(=O)(=O)c4ccc(NCC5CCN(C6CCN(CCOc7cccc8c7CN(C7CCC(=O)NC7=O)C8=O)CC6)CC5)c([N+](=O)[O-])c4)c(Oc4cnc5[nH]ccc5c4)c3)CC2)=C(c2ccc(Cl)cc2)C1. The minimum atomic E-state index is -4.63. The maximum Gasteiger partial charge on any atom is 0.293 e. The number of amides is 4. The summed E-state index contributed by atoms with van der Waals surface area (Å²) in [5.74, 6) is -0.641. The van der Waals surface area contributed by atoms with E-state index >= 15 is 0 Å². The first-order valence-electron chi connectivity index (χ1n) is 30.5. The molecule has 1 unspecified atom stereocenters. The summed E-state index contributed by atoms with van der Waals surface area (Å²) in [4.78, 5) is 81.9. The molecule has 0 saturated carbocycles. The van der Waals surface area contributed by atoms with Gasteiger partial charge in [0.15, 0.2) is 0 Å². The molecule has 4 N–H and O–H groups in total. The molecule has 4 fully saturated rings. The van der Waals surface area contributed by atoms with Gasteiger partial charge < -0.3 is 34.5 Å². The Balaban J connectivity index is 0.632. The molecular weight excluding hydrogens is 1160 g/mol. The number of imide groups is 1. The van der Waals surface area contributed by atoms with Crippen molar-refractivity contribution in [1.82, 2.24) is 39.6 Å². The average Bonchev–Trinajstić information content (AvgIpc) is 2.66. The number of nitro benzene ring substituents is 1. The van der Waals surface area contributed by atoms with Gasteiger partial charge in [-0.3, -0.25) is 44.4 Å². The number of hydrogen-bond donors (Lipinski definition) is 4. The lowest BCUT2D eigenvalue weighted by atomic mass is 9.72. The van der Waals surface area contributed by atoms with Crippen molar-refractivity contribution in [3.63, 3.8) is 0 Å². The maximum absolute atomic E-state index is 14.2. The number of hydrogen-bond acceptors (Lipinski definition) is 16. The zero-order valence-corrected chi connectivity index (χ0v) is 51.2. The van der Waals surface area contributed by atoms with Gasteiger partial charge in [0.1, 0.15) is 41.2 Å². The van der Waals surface area contributed by atoms with E-state index in [9.17, 15) is 37.7 Å². The molecule has 21 nitrogen and oxygen atoms in total. The van der Waals surface area contributed by atoms with Gasteiger partial charge >= 0.3 is 0 Å². The Labute approximate surface area is 516 Å². The number of halogens is 1. The molecule has 0 spiro atoms. The van der Waals surface area contributed by atoms with E-state index in [-0.39, 0.29) is 53.1 Å². The van der Waals surface area contributed by atoms with E-state index in [0.717, 1.165) is 125 Å². The number of carbonyl (C=O) groups excluding carboxylic acids is 4. The van der Waals surface area contributed by atoms with Gasteiger partial charge in [-0.05, 0) is 161 Å². The molecule has 2 aromatic heterocycles. The van der Waals surface area contributed by atoms with Gasteiger partial charge in [-0.1, -0.05) is 49.2 Å². The molecule has 1 aliphatic carbocycles. The topological polar surface area (TPSA) is 245 Å². The average molecular weight is 1240 g/mol. The van der Waals surface area contributed by atoms with Crippen LogP contribution in [0.4, 0.5) is 17.1 Å². The van der Waals surface area contributed by atoms with E-state index in [1.165, 1.54) is 39.9 Å². The van der Waals surface area contributed by atoms with Crippen LogP contribution in [0.1, 0.15) is 103 Å². The highest BCUT2D eigenvalue weighted by Crippen LogP contribution is 2.44. The van der Waals surface area contributed by atoms with Gasteiger partial charge in [-0.25, -0.2) is 18.1 Å². The molecule has 0 radical (unpaired) electrons. The van der Waals surface area contributed by atoms with Gasteiger partial charge in [0.25, 0.3) is 27.5 Å². The molecule has 4 aromatic carbocycles. The Kier molecular flexibility index (Phi) is 17.6. The summed E-state index contributed by atoms with van der Waals surface area (Å²) < 4.78 is 42.9. The number of nitrogens with zero attached hydrogens (tertiary/aromatic N) is 7. The number of sulfonamides is 1. The number of piperidine rings is 3. The van der Waals surface area contributed by atoms with Gasteiger partial charge in [0, 0.05) is 104 Å². The van der Waals surface area contributed by atoms with E-state index in [1.54, 1.807) is 42.6 Å². The third-order valence-corrected chi connectivity index (χ3v) is 20.1. The van der Waals surface area contributed by atoms with Crippen molar-refractivity contribution >= 4 is 78.9 Å². The minimum Gasteiger partial charge on any atom is -0.492 e. The molecule has 5 aliphatic heterocycles. The minimum absolute atomic E-state index is 0.0513. The molecule has 0 bridgehead atoms. The summed E-state index contributed by atoms with van der Waals surface area (Å²) in [6.45, 7) is 14.1. The highest BCUT2D eigenvalue weighted by atomic mass is 35.5. The molecule has 1 atom stereocenters. The molecule has 6 aliphatic rings. The van der Waals surface area contributed by atoms with Crippen LogP contribution in [0.25, 0.3) is 16.6 Å². The summed E-state index contributed by atoms with van der Waals surface area (Å²) in [6.07, 6.45) is 10.7. The van der Waals surface area contributed by atoms with Crippen LogP contribution >= 0.6 is 11.6 Å². The molecule has 88 heavy (non-hydrogen) atoms. The second-order valence-electron chi connectivity index (χ2n) is 24.9. The number of fused-ring (bicyclic) bond motifs is 2. The van der Waals surface area contributed by atoms with Crippen molar-refractivity contribution in [2.24, 2.45) is 11.3 Å². The first-order valence-corrected chi connectivity index (χ1v) is 32.4. The molecule has 23 heteroatoms. The number of aromatic nitrogens is 2. The molecule has 462 valence electrons. The van der Waals surface area contributed by atoms with Crippen LogP contribution < -0.4 is 29.7 Å². The number of likely N-dealkylation sites (tertiary alicyclic amines) is 2. The lowest BCUT2D eigenvalue weighted by Crippen LogP contribution is -2.52. The molecular formula is C65H74ClN11O10S. The van der Waals surface area contributed by atoms with Crippen molar-refractivity contribution in [2.75, 3.05) is 88.8 Å². The highest BCUT2D eigenvalue weighted by molar-refractivity contribution is 7.90. The number of ether oxygens (including phenoxy) is 2. The fraction of sp³-hybridized carbons (Fsp3) is 0.431. The monoisotopic (exact) mass is 1240 g/mol. The fourth-order valence-corrected chi connectivity index (χ4v) is 14.6. The molecule has 6 aromatic rings. The first-order chi connectivity index (χ1) is 42.4. The molecule has 4 saturated heterocycles. The van der Waals surface area contributed by atoms with Crippen molar-refractivity contribution in [3.8, 4) is 17.2 Å². The van der Waals surface area contributed by atoms with Crippen LogP contribution in [-0.2, 0) is 26.2 Å². The molecule has 12 rings (SSSR count). The fourth-order valence-electron chi connectivity index (χ4n) is 13.5. The lowest BCUT2D eigenvalue weighted by Gasteiger charge is -2.41. The van der Waals surface area contributed by atoms with Gasteiger partial charge in [0.2, 0.25) is 11.8 Å². The summed E-state index contributed by atoms with van der Waals surface area (Å²) in [6, 6.07) is 25.6. The summed E-state index contributed by atoms with van der Waals surface area (Å²) in [5, 5.41) is 19.6. The van der Waals surface area contributed by atoms with Crippen LogP contribution in [0.2, 0.25) is 5.02 Å². The Hall–Kier alpha value is -7.89. The van der Waals surface area contributed by atoms with Crippen LogP contribution in [0.3, 0.4) is 0 Å². The van der Waals surface area contributed by atoms with E-state index in [2.05, 4.69) is 70.9 Å². The number of H-pyrrole nitrogens is 1. The highest BCUT2D eigenvalue weighted by Gasteiger charge is 2.41. The number of rotatable bonds is 19. The Morgan fingerprint density at radius 3 is 2.41 bits per heavy atom.